The largest absolute Gasteiger partial charge is 0.377 e. The Morgan fingerprint density at radius 1 is 1.21 bits per heavy atom. The van der Waals surface area contributed by atoms with E-state index in [1.807, 2.05) is 6.92 Å². The predicted molar refractivity (Wildman–Crippen MR) is 95.0 cm³/mol. The third-order valence-electron chi connectivity index (χ3n) is 4.74. The number of ether oxygens (including phenoxy) is 1. The summed E-state index contributed by atoms with van der Waals surface area (Å²) in [6, 6.07) is 5.11. The first-order chi connectivity index (χ1) is 11.5. The lowest BCUT2D eigenvalue weighted by atomic mass is 10.2. The van der Waals surface area contributed by atoms with Crippen LogP contribution in [0.2, 0.25) is 5.02 Å². The quantitative estimate of drug-likeness (QED) is 0.814. The van der Waals surface area contributed by atoms with E-state index in [4.69, 9.17) is 16.3 Å². The van der Waals surface area contributed by atoms with Crippen LogP contribution in [0.15, 0.2) is 23.1 Å². The molecule has 134 valence electrons. The molecule has 0 amide bonds. The van der Waals surface area contributed by atoms with Crippen LogP contribution < -0.4 is 0 Å². The van der Waals surface area contributed by atoms with Gasteiger partial charge in [-0.2, -0.15) is 4.31 Å². The van der Waals surface area contributed by atoms with Gasteiger partial charge in [-0.3, -0.25) is 4.90 Å². The number of hydrogen-bond acceptors (Lipinski definition) is 4. The number of benzene rings is 1. The maximum atomic E-state index is 12.9. The highest BCUT2D eigenvalue weighted by molar-refractivity contribution is 7.89. The van der Waals surface area contributed by atoms with E-state index in [-0.39, 0.29) is 4.90 Å². The molecule has 1 aromatic rings. The maximum Gasteiger partial charge on any atom is 0.244 e. The molecule has 0 saturated carbocycles. The molecule has 0 aliphatic carbocycles. The van der Waals surface area contributed by atoms with Crippen molar-refractivity contribution in [3.8, 4) is 0 Å². The van der Waals surface area contributed by atoms with Gasteiger partial charge in [0.05, 0.1) is 11.1 Å². The molecule has 0 radical (unpaired) electrons. The summed E-state index contributed by atoms with van der Waals surface area (Å²) in [5.74, 6) is 0. The highest BCUT2D eigenvalue weighted by Crippen LogP contribution is 2.26. The second-order valence-corrected chi connectivity index (χ2v) is 8.94. The van der Waals surface area contributed by atoms with Crippen molar-refractivity contribution in [1.29, 1.82) is 0 Å². The van der Waals surface area contributed by atoms with Gasteiger partial charge in [-0.25, -0.2) is 8.42 Å². The Morgan fingerprint density at radius 3 is 2.75 bits per heavy atom. The topological polar surface area (TPSA) is 49.9 Å². The van der Waals surface area contributed by atoms with Gasteiger partial charge in [0, 0.05) is 32.8 Å². The molecular formula is C17H25ClN2O3S. The Balaban J connectivity index is 1.68. The Morgan fingerprint density at radius 2 is 2.04 bits per heavy atom. The number of hydrogen-bond donors (Lipinski definition) is 0. The van der Waals surface area contributed by atoms with Crippen molar-refractivity contribution in [2.45, 2.75) is 37.2 Å². The lowest BCUT2D eigenvalue weighted by molar-refractivity contribution is 0.0749. The highest BCUT2D eigenvalue weighted by atomic mass is 35.5. The summed E-state index contributed by atoms with van der Waals surface area (Å²) in [6.07, 6.45) is 3.37. The molecule has 3 rings (SSSR count). The first-order valence-electron chi connectivity index (χ1n) is 8.57. The first kappa shape index (κ1) is 18.1. The smallest absolute Gasteiger partial charge is 0.244 e. The van der Waals surface area contributed by atoms with Crippen molar-refractivity contribution in [3.63, 3.8) is 0 Å². The van der Waals surface area contributed by atoms with E-state index in [1.54, 1.807) is 22.5 Å². The summed E-state index contributed by atoms with van der Waals surface area (Å²) in [4.78, 5) is 2.53. The van der Waals surface area contributed by atoms with E-state index in [0.717, 1.165) is 51.1 Å². The van der Waals surface area contributed by atoms with Crippen molar-refractivity contribution in [1.82, 2.24) is 9.21 Å². The zero-order valence-corrected chi connectivity index (χ0v) is 15.7. The minimum absolute atomic E-state index is 0.211. The number of nitrogens with zero attached hydrogens (tertiary/aromatic N) is 2. The van der Waals surface area contributed by atoms with Gasteiger partial charge in [-0.05, 0) is 50.4 Å². The van der Waals surface area contributed by atoms with Gasteiger partial charge in [0.25, 0.3) is 0 Å². The molecule has 2 fully saturated rings. The highest BCUT2D eigenvalue weighted by Gasteiger charge is 2.29. The van der Waals surface area contributed by atoms with E-state index in [2.05, 4.69) is 4.90 Å². The molecule has 0 aromatic heterocycles. The minimum atomic E-state index is -3.54. The van der Waals surface area contributed by atoms with Gasteiger partial charge in [0.1, 0.15) is 4.90 Å². The van der Waals surface area contributed by atoms with Crippen LogP contribution in [0, 0.1) is 6.92 Å². The SMILES string of the molecule is Cc1ccc(S(=O)(=O)N2CCCN(CC3CCCO3)CC2)c(Cl)c1. The lowest BCUT2D eigenvalue weighted by Gasteiger charge is -2.24. The number of sulfonamides is 1. The Hall–Kier alpha value is -0.660. The van der Waals surface area contributed by atoms with Gasteiger partial charge >= 0.3 is 0 Å². The van der Waals surface area contributed by atoms with Crippen LogP contribution in [0.3, 0.4) is 0 Å². The predicted octanol–water partition coefficient (Wildman–Crippen LogP) is 2.52. The van der Waals surface area contributed by atoms with Gasteiger partial charge in [-0.15, -0.1) is 0 Å². The molecule has 1 atom stereocenters. The van der Waals surface area contributed by atoms with Gasteiger partial charge < -0.3 is 4.74 Å². The van der Waals surface area contributed by atoms with E-state index < -0.39 is 10.0 Å². The molecule has 7 heteroatoms. The summed E-state index contributed by atoms with van der Waals surface area (Å²) >= 11 is 6.18. The van der Waals surface area contributed by atoms with Crippen LogP contribution in [0.1, 0.15) is 24.8 Å². The fraction of sp³-hybridized carbons (Fsp3) is 0.647. The monoisotopic (exact) mass is 372 g/mol. The third-order valence-corrected chi connectivity index (χ3v) is 7.12. The fourth-order valence-corrected chi connectivity index (χ4v) is 5.44. The van der Waals surface area contributed by atoms with Crippen molar-refractivity contribution < 1.29 is 13.2 Å². The lowest BCUT2D eigenvalue weighted by Crippen LogP contribution is -2.37. The summed E-state index contributed by atoms with van der Waals surface area (Å²) in [5.41, 5.74) is 0.956. The Kier molecular flexibility index (Phi) is 5.82. The fourth-order valence-electron chi connectivity index (χ4n) is 3.40. The van der Waals surface area contributed by atoms with Crippen LogP contribution in [0.4, 0.5) is 0 Å². The minimum Gasteiger partial charge on any atom is -0.377 e. The van der Waals surface area contributed by atoms with Crippen LogP contribution in [0.25, 0.3) is 0 Å². The van der Waals surface area contributed by atoms with Crippen LogP contribution in [0.5, 0.6) is 0 Å². The van der Waals surface area contributed by atoms with Gasteiger partial charge in [0.2, 0.25) is 10.0 Å². The maximum absolute atomic E-state index is 12.9. The number of aryl methyl sites for hydroxylation is 1. The van der Waals surface area contributed by atoms with Crippen LogP contribution in [-0.2, 0) is 14.8 Å². The number of halogens is 1. The average molecular weight is 373 g/mol. The summed E-state index contributed by atoms with van der Waals surface area (Å²) in [7, 11) is -3.54. The standard InChI is InChI=1S/C17H25ClN2O3S/c1-14-5-6-17(16(18)12-14)24(21,22)20-8-3-7-19(9-10-20)13-15-4-2-11-23-15/h5-6,12,15H,2-4,7-11,13H2,1H3. The summed E-state index contributed by atoms with van der Waals surface area (Å²) in [6.45, 7) is 6.34. The molecule has 1 aromatic carbocycles. The Bertz CT molecular complexity index is 674. The molecule has 2 saturated heterocycles. The average Bonchev–Trinajstić information content (AvgIpc) is 2.90. The molecule has 0 spiro atoms. The molecule has 1 unspecified atom stereocenters. The summed E-state index contributed by atoms with van der Waals surface area (Å²) < 4.78 is 33.1. The van der Waals surface area contributed by atoms with Crippen LogP contribution in [-0.4, -0.2) is 63.1 Å². The molecule has 0 bridgehead atoms. The van der Waals surface area contributed by atoms with Gasteiger partial charge in [0.15, 0.2) is 0 Å². The van der Waals surface area contributed by atoms with E-state index in [1.165, 1.54) is 0 Å². The van der Waals surface area contributed by atoms with Crippen molar-refractivity contribution in [3.05, 3.63) is 28.8 Å². The van der Waals surface area contributed by atoms with E-state index >= 15 is 0 Å². The Labute approximate surface area is 149 Å². The van der Waals surface area contributed by atoms with Crippen molar-refractivity contribution in [2.24, 2.45) is 0 Å². The van der Waals surface area contributed by atoms with Crippen molar-refractivity contribution in [2.75, 3.05) is 39.3 Å². The number of rotatable bonds is 4. The molecule has 2 aliphatic rings. The third kappa shape index (κ3) is 4.11. The van der Waals surface area contributed by atoms with E-state index in [9.17, 15) is 8.42 Å². The van der Waals surface area contributed by atoms with E-state index in [0.29, 0.717) is 24.2 Å². The molecule has 0 N–H and O–H groups in total. The molecule has 2 heterocycles. The zero-order valence-electron chi connectivity index (χ0n) is 14.1. The molecule has 5 nitrogen and oxygen atoms in total. The normalized spacial score (nSPS) is 24.2. The molecule has 2 aliphatic heterocycles. The van der Waals surface area contributed by atoms with Crippen LogP contribution >= 0.6 is 11.6 Å². The zero-order chi connectivity index (χ0) is 17.2. The molecule has 24 heavy (non-hydrogen) atoms. The van der Waals surface area contributed by atoms with Gasteiger partial charge in [-0.1, -0.05) is 17.7 Å². The second-order valence-electron chi connectivity index (χ2n) is 6.63. The second kappa shape index (κ2) is 7.70. The summed E-state index contributed by atoms with van der Waals surface area (Å²) in [5, 5.41) is 0.301. The van der Waals surface area contributed by atoms with Crippen molar-refractivity contribution >= 4 is 21.6 Å². The molecular weight excluding hydrogens is 348 g/mol. The first-order valence-corrected chi connectivity index (χ1v) is 10.4.